The molecule has 2 aromatic rings. The summed E-state index contributed by atoms with van der Waals surface area (Å²) < 4.78 is 4.72. The summed E-state index contributed by atoms with van der Waals surface area (Å²) in [6.45, 7) is 4.32. The topological polar surface area (TPSA) is 69.5 Å². The van der Waals surface area contributed by atoms with Gasteiger partial charge in [-0.15, -0.1) is 0 Å². The number of pyridine rings is 1. The van der Waals surface area contributed by atoms with Crippen molar-refractivity contribution in [1.82, 2.24) is 9.88 Å². The average molecular weight is 336 g/mol. The fraction of sp³-hybridized carbons (Fsp3) is 0.316. The van der Waals surface area contributed by atoms with Crippen molar-refractivity contribution in [2.24, 2.45) is 0 Å². The van der Waals surface area contributed by atoms with Crippen LogP contribution in [0.1, 0.15) is 21.5 Å². The van der Waals surface area contributed by atoms with E-state index in [1.165, 1.54) is 7.11 Å². The third kappa shape index (κ3) is 3.95. The quantitative estimate of drug-likeness (QED) is 0.796. The van der Waals surface area contributed by atoms with E-state index < -0.39 is 0 Å². The van der Waals surface area contributed by atoms with E-state index in [0.717, 1.165) is 44.1 Å². The van der Waals surface area contributed by atoms with Gasteiger partial charge in [-0.1, -0.05) is 12.1 Å². The number of esters is 1. The number of methoxy groups -OCH3 is 1. The van der Waals surface area contributed by atoms with Gasteiger partial charge in [0.1, 0.15) is 11.9 Å². The molecule has 0 spiro atoms. The molecule has 1 aromatic carbocycles. The molecule has 0 atom stereocenters. The summed E-state index contributed by atoms with van der Waals surface area (Å²) >= 11 is 0. The van der Waals surface area contributed by atoms with Crippen LogP contribution in [0.2, 0.25) is 0 Å². The van der Waals surface area contributed by atoms with Crippen LogP contribution in [0.5, 0.6) is 0 Å². The molecule has 0 N–H and O–H groups in total. The number of rotatable bonds is 4. The minimum absolute atomic E-state index is 0.316. The molecule has 1 saturated heterocycles. The molecule has 1 aliphatic rings. The highest BCUT2D eigenvalue weighted by Gasteiger charge is 2.20. The molecule has 1 aliphatic heterocycles. The zero-order chi connectivity index (χ0) is 17.6. The Morgan fingerprint density at radius 1 is 1.20 bits per heavy atom. The van der Waals surface area contributed by atoms with Crippen molar-refractivity contribution in [2.45, 2.75) is 6.54 Å². The molecule has 0 amide bonds. The summed E-state index contributed by atoms with van der Waals surface area (Å²) in [5.74, 6) is 0.455. The number of hydrogen-bond acceptors (Lipinski definition) is 6. The minimum Gasteiger partial charge on any atom is -0.465 e. The summed E-state index contributed by atoms with van der Waals surface area (Å²) in [4.78, 5) is 20.4. The van der Waals surface area contributed by atoms with Crippen molar-refractivity contribution < 1.29 is 9.53 Å². The molecule has 6 nitrogen and oxygen atoms in total. The molecular formula is C19H20N4O2. The van der Waals surface area contributed by atoms with Gasteiger partial charge in [0.2, 0.25) is 0 Å². The second kappa shape index (κ2) is 7.77. The van der Waals surface area contributed by atoms with Crippen LogP contribution in [-0.2, 0) is 11.3 Å². The van der Waals surface area contributed by atoms with Crippen molar-refractivity contribution in [3.05, 3.63) is 59.3 Å². The summed E-state index contributed by atoms with van der Waals surface area (Å²) in [7, 11) is 1.38. The Bertz CT molecular complexity index is 775. The molecule has 0 bridgehead atoms. The van der Waals surface area contributed by atoms with Crippen molar-refractivity contribution in [3.63, 3.8) is 0 Å². The maximum absolute atomic E-state index is 11.5. The van der Waals surface area contributed by atoms with E-state index in [0.29, 0.717) is 11.1 Å². The molecule has 128 valence electrons. The van der Waals surface area contributed by atoms with Gasteiger partial charge < -0.3 is 9.64 Å². The molecule has 1 fully saturated rings. The van der Waals surface area contributed by atoms with Crippen LogP contribution in [0, 0.1) is 11.3 Å². The number of hydrogen-bond donors (Lipinski definition) is 0. The zero-order valence-corrected chi connectivity index (χ0v) is 14.2. The lowest BCUT2D eigenvalue weighted by Crippen LogP contribution is -2.46. The Morgan fingerprint density at radius 3 is 2.56 bits per heavy atom. The number of anilines is 1. The number of aromatic nitrogens is 1. The molecule has 0 unspecified atom stereocenters. The Kier molecular flexibility index (Phi) is 5.26. The van der Waals surface area contributed by atoms with Crippen molar-refractivity contribution in [3.8, 4) is 6.07 Å². The summed E-state index contributed by atoms with van der Waals surface area (Å²) in [6, 6.07) is 13.3. The maximum Gasteiger partial charge on any atom is 0.337 e. The lowest BCUT2D eigenvalue weighted by Gasteiger charge is -2.35. The Hall–Kier alpha value is -2.91. The third-order valence-electron chi connectivity index (χ3n) is 4.36. The summed E-state index contributed by atoms with van der Waals surface area (Å²) in [5.41, 5.74) is 2.35. The molecule has 3 rings (SSSR count). The zero-order valence-electron chi connectivity index (χ0n) is 14.2. The molecule has 6 heteroatoms. The monoisotopic (exact) mass is 336 g/mol. The van der Waals surface area contributed by atoms with Gasteiger partial charge in [-0.3, -0.25) is 4.90 Å². The number of carbonyl (C=O) groups is 1. The predicted octanol–water partition coefficient (Wildman–Crippen LogP) is 2.06. The van der Waals surface area contributed by atoms with E-state index in [9.17, 15) is 10.1 Å². The number of ether oxygens (including phenoxy) is 1. The Balaban J connectivity index is 1.58. The molecule has 1 aromatic heterocycles. The molecule has 0 saturated carbocycles. The summed E-state index contributed by atoms with van der Waals surface area (Å²) in [6.07, 6.45) is 1.73. The van der Waals surface area contributed by atoms with Gasteiger partial charge in [-0.2, -0.15) is 5.26 Å². The van der Waals surface area contributed by atoms with Crippen LogP contribution in [0.4, 0.5) is 5.82 Å². The highest BCUT2D eigenvalue weighted by atomic mass is 16.5. The first-order chi connectivity index (χ1) is 12.2. The van der Waals surface area contributed by atoms with Gasteiger partial charge in [0.05, 0.1) is 18.2 Å². The molecule has 0 aliphatic carbocycles. The van der Waals surface area contributed by atoms with Crippen molar-refractivity contribution in [1.29, 1.82) is 5.26 Å². The van der Waals surface area contributed by atoms with E-state index in [1.54, 1.807) is 30.5 Å². The van der Waals surface area contributed by atoms with Crippen LogP contribution in [0.25, 0.3) is 0 Å². The Morgan fingerprint density at radius 2 is 1.92 bits per heavy atom. The number of nitrogens with zero attached hydrogens (tertiary/aromatic N) is 4. The van der Waals surface area contributed by atoms with Crippen LogP contribution >= 0.6 is 0 Å². The first-order valence-electron chi connectivity index (χ1n) is 8.21. The number of nitriles is 1. The third-order valence-corrected chi connectivity index (χ3v) is 4.36. The van der Waals surface area contributed by atoms with Crippen LogP contribution in [0.3, 0.4) is 0 Å². The van der Waals surface area contributed by atoms with Crippen molar-refractivity contribution in [2.75, 3.05) is 38.2 Å². The largest absolute Gasteiger partial charge is 0.465 e. The number of benzene rings is 1. The smallest absolute Gasteiger partial charge is 0.337 e. The molecule has 2 heterocycles. The SMILES string of the molecule is COC(=O)c1ccc(CN2CCN(c3ncccc3C#N)CC2)cc1. The predicted molar refractivity (Wildman–Crippen MR) is 94.2 cm³/mol. The molecule has 0 radical (unpaired) electrons. The van der Waals surface area contributed by atoms with Gasteiger partial charge in [-0.05, 0) is 29.8 Å². The van der Waals surface area contributed by atoms with Crippen LogP contribution < -0.4 is 4.90 Å². The first-order valence-corrected chi connectivity index (χ1v) is 8.21. The maximum atomic E-state index is 11.5. The van der Waals surface area contributed by atoms with E-state index in [-0.39, 0.29) is 5.97 Å². The average Bonchev–Trinajstić information content (AvgIpc) is 2.68. The first kappa shape index (κ1) is 16.9. The fourth-order valence-corrected chi connectivity index (χ4v) is 2.98. The summed E-state index contributed by atoms with van der Waals surface area (Å²) in [5, 5.41) is 9.22. The van der Waals surface area contributed by atoms with Gasteiger partial charge in [0.25, 0.3) is 0 Å². The second-order valence-corrected chi connectivity index (χ2v) is 5.94. The van der Waals surface area contributed by atoms with Crippen LogP contribution in [0.15, 0.2) is 42.6 Å². The van der Waals surface area contributed by atoms with E-state index in [1.807, 2.05) is 12.1 Å². The lowest BCUT2D eigenvalue weighted by atomic mass is 10.1. The van der Waals surface area contributed by atoms with Gasteiger partial charge in [0, 0.05) is 38.9 Å². The van der Waals surface area contributed by atoms with E-state index >= 15 is 0 Å². The standard InChI is InChI=1S/C19H20N4O2/c1-25-19(24)16-6-4-15(5-7-16)14-22-9-11-23(12-10-22)18-17(13-20)3-2-8-21-18/h2-8H,9-12,14H2,1H3. The number of piperazine rings is 1. The minimum atomic E-state index is -0.316. The highest BCUT2D eigenvalue weighted by molar-refractivity contribution is 5.89. The van der Waals surface area contributed by atoms with E-state index in [4.69, 9.17) is 4.74 Å². The normalized spacial score (nSPS) is 14.8. The van der Waals surface area contributed by atoms with Gasteiger partial charge in [0.15, 0.2) is 0 Å². The van der Waals surface area contributed by atoms with Crippen molar-refractivity contribution >= 4 is 11.8 Å². The van der Waals surface area contributed by atoms with Gasteiger partial charge >= 0.3 is 5.97 Å². The number of carbonyl (C=O) groups excluding carboxylic acids is 1. The molecular weight excluding hydrogens is 316 g/mol. The lowest BCUT2D eigenvalue weighted by molar-refractivity contribution is 0.0600. The fourth-order valence-electron chi connectivity index (χ4n) is 2.98. The molecule has 25 heavy (non-hydrogen) atoms. The van der Waals surface area contributed by atoms with Crippen LogP contribution in [-0.4, -0.2) is 49.1 Å². The second-order valence-electron chi connectivity index (χ2n) is 5.94. The Labute approximate surface area is 147 Å². The van der Waals surface area contributed by atoms with Gasteiger partial charge in [-0.25, -0.2) is 9.78 Å². The highest BCUT2D eigenvalue weighted by Crippen LogP contribution is 2.19. The van der Waals surface area contributed by atoms with E-state index in [2.05, 4.69) is 20.9 Å².